The molecule has 0 aliphatic carbocycles. The van der Waals surface area contributed by atoms with Crippen LogP contribution in [0.1, 0.15) is 0 Å². The summed E-state index contributed by atoms with van der Waals surface area (Å²) in [6.07, 6.45) is 0. The van der Waals surface area contributed by atoms with Crippen molar-refractivity contribution in [3.63, 3.8) is 0 Å². The van der Waals surface area contributed by atoms with E-state index >= 15 is 0 Å². The lowest BCUT2D eigenvalue weighted by Crippen LogP contribution is -2.10. The summed E-state index contributed by atoms with van der Waals surface area (Å²) >= 11 is 0. The largest absolute Gasteiger partial charge is 0.310 e. The Hall–Kier alpha value is -11.0. The predicted molar refractivity (Wildman–Crippen MR) is 354 cm³/mol. The molecule has 1 heterocycles. The Morgan fingerprint density at radius 2 is 0.530 bits per heavy atom. The molecule has 0 aliphatic heterocycles. The first-order valence-electron chi connectivity index (χ1n) is 28.6. The minimum absolute atomic E-state index is 1.09. The smallest absolute Gasteiger partial charge is 0.0541 e. The summed E-state index contributed by atoms with van der Waals surface area (Å²) in [5.74, 6) is 0. The van der Waals surface area contributed by atoms with Crippen molar-refractivity contribution >= 4 is 110 Å². The molecule has 15 aromatic carbocycles. The average molecular weight is 1060 g/mol. The maximum atomic E-state index is 2.47. The van der Waals surface area contributed by atoms with Crippen molar-refractivity contribution < 1.29 is 0 Å². The Morgan fingerprint density at radius 1 is 0.193 bits per heavy atom. The number of aromatic nitrogens is 1. The van der Waals surface area contributed by atoms with Gasteiger partial charge in [0, 0.05) is 50.0 Å². The molecule has 16 rings (SSSR count). The van der Waals surface area contributed by atoms with Crippen LogP contribution >= 0.6 is 0 Å². The lowest BCUT2D eigenvalue weighted by Gasteiger charge is -2.27. The number of hydrogen-bond acceptors (Lipinski definition) is 2. The topological polar surface area (TPSA) is 11.4 Å². The molecule has 0 N–H and O–H groups in total. The van der Waals surface area contributed by atoms with Crippen LogP contribution in [0, 0.1) is 0 Å². The minimum Gasteiger partial charge on any atom is -0.310 e. The Bertz CT molecular complexity index is 5080. The maximum absolute atomic E-state index is 2.47. The molecular formula is C80H53N3. The average Bonchev–Trinajstić information content (AvgIpc) is 2.90. The van der Waals surface area contributed by atoms with Crippen LogP contribution in [0.3, 0.4) is 0 Å². The van der Waals surface area contributed by atoms with Crippen LogP contribution in [0.5, 0.6) is 0 Å². The first-order chi connectivity index (χ1) is 41.2. The highest BCUT2D eigenvalue weighted by atomic mass is 15.1. The highest BCUT2D eigenvalue weighted by Gasteiger charge is 2.21. The van der Waals surface area contributed by atoms with Gasteiger partial charge in [0.25, 0.3) is 0 Å². The molecule has 0 atom stereocenters. The van der Waals surface area contributed by atoms with Crippen LogP contribution in [0.25, 0.3) is 115 Å². The minimum atomic E-state index is 1.09. The van der Waals surface area contributed by atoms with Crippen LogP contribution in [0.2, 0.25) is 0 Å². The zero-order chi connectivity index (χ0) is 54.8. The van der Waals surface area contributed by atoms with Crippen molar-refractivity contribution in [2.75, 3.05) is 9.80 Å². The highest BCUT2D eigenvalue weighted by molar-refractivity contribution is 6.26. The van der Waals surface area contributed by atoms with Crippen LogP contribution in [0.15, 0.2) is 322 Å². The Morgan fingerprint density at radius 3 is 1.00 bits per heavy atom. The molecule has 0 aliphatic rings. The van der Waals surface area contributed by atoms with E-state index in [1.165, 1.54) is 75.8 Å². The monoisotopic (exact) mass is 1060 g/mol. The van der Waals surface area contributed by atoms with E-state index in [-0.39, 0.29) is 0 Å². The number of hydrogen-bond donors (Lipinski definition) is 0. The fourth-order valence-corrected chi connectivity index (χ4v) is 13.0. The van der Waals surface area contributed by atoms with E-state index in [4.69, 9.17) is 0 Å². The zero-order valence-electron chi connectivity index (χ0n) is 45.4. The molecule has 0 radical (unpaired) electrons. The number of anilines is 6. The van der Waals surface area contributed by atoms with Gasteiger partial charge in [0.1, 0.15) is 0 Å². The fraction of sp³-hybridized carbons (Fsp3) is 0. The van der Waals surface area contributed by atoms with Gasteiger partial charge in [0.2, 0.25) is 0 Å². The van der Waals surface area contributed by atoms with Gasteiger partial charge < -0.3 is 14.4 Å². The van der Waals surface area contributed by atoms with E-state index < -0.39 is 0 Å². The van der Waals surface area contributed by atoms with E-state index in [9.17, 15) is 0 Å². The highest BCUT2D eigenvalue weighted by Crippen LogP contribution is 2.45. The molecule has 1 aromatic heterocycles. The van der Waals surface area contributed by atoms with Crippen LogP contribution in [-0.2, 0) is 0 Å². The Kier molecular flexibility index (Phi) is 11.5. The normalized spacial score (nSPS) is 11.6. The van der Waals surface area contributed by atoms with Crippen molar-refractivity contribution in [3.05, 3.63) is 322 Å². The molecule has 3 heteroatoms. The van der Waals surface area contributed by atoms with Gasteiger partial charge in [-0.2, -0.15) is 0 Å². The maximum Gasteiger partial charge on any atom is 0.0541 e. The van der Waals surface area contributed by atoms with Gasteiger partial charge in [-0.1, -0.05) is 224 Å². The van der Waals surface area contributed by atoms with E-state index in [0.717, 1.165) is 73.1 Å². The first kappa shape index (κ1) is 48.0. The fourth-order valence-electron chi connectivity index (χ4n) is 13.0. The molecule has 0 saturated heterocycles. The van der Waals surface area contributed by atoms with Crippen molar-refractivity contribution in [1.82, 2.24) is 4.57 Å². The lowest BCUT2D eigenvalue weighted by molar-refractivity contribution is 1.19. The van der Waals surface area contributed by atoms with Gasteiger partial charge in [0.05, 0.1) is 22.4 Å². The van der Waals surface area contributed by atoms with Crippen molar-refractivity contribution in [1.29, 1.82) is 0 Å². The van der Waals surface area contributed by atoms with E-state index in [1.54, 1.807) is 0 Å². The summed E-state index contributed by atoms with van der Waals surface area (Å²) in [5.41, 5.74) is 17.2. The summed E-state index contributed by atoms with van der Waals surface area (Å²) in [5, 5.41) is 14.8. The molecule has 0 unspecified atom stereocenters. The Labute approximate surface area is 482 Å². The van der Waals surface area contributed by atoms with E-state index in [2.05, 4.69) is 336 Å². The second kappa shape index (κ2) is 20.0. The third-order valence-corrected chi connectivity index (χ3v) is 16.9. The lowest BCUT2D eigenvalue weighted by atomic mass is 9.94. The molecular weight excluding hydrogens is 1000 g/mol. The SMILES string of the molecule is c1ccc(-c2ccc(N(c3ccc(-c4ccc5c(c4)c4cc(-c6ccc(N(c7ccccc7)c7cccc8ccccc78)cc6)ccc4n5-c4ccc5c6ccccc6c6ccccc6c5c4)cc3)c3cccc4ccccc34)cc2)cc1. The first-order valence-corrected chi connectivity index (χ1v) is 28.6. The number of benzene rings is 15. The zero-order valence-corrected chi connectivity index (χ0v) is 45.4. The molecule has 0 amide bonds. The van der Waals surface area contributed by atoms with E-state index in [1.807, 2.05) is 0 Å². The molecule has 83 heavy (non-hydrogen) atoms. The van der Waals surface area contributed by atoms with Gasteiger partial charge >= 0.3 is 0 Å². The molecule has 0 bridgehead atoms. The standard InChI is InChI=1S/C80H53N3/c1-3-17-54(18-4-1)55-33-41-64(42-34-55)82(78-32-16-22-59-20-8-10-26-68(59)78)65-45-37-57(38-46-65)61-40-50-80-76(52-61)75-51-60(56-35-43-63(44-36-56)81(62-23-5-2-6-24-62)77-31-15-21-58-19-7-9-25-67(58)77)39-49-79(75)83(80)66-47-48-73-71-29-12-11-27-69(71)70-28-13-14-30-72(70)74(73)53-66/h1-53H. The van der Waals surface area contributed by atoms with Gasteiger partial charge in [0.15, 0.2) is 0 Å². The molecule has 0 spiro atoms. The van der Waals surface area contributed by atoms with Crippen LogP contribution in [0.4, 0.5) is 34.1 Å². The number of nitrogens with zero attached hydrogens (tertiary/aromatic N) is 3. The summed E-state index contributed by atoms with van der Waals surface area (Å²) in [6.45, 7) is 0. The molecule has 0 fully saturated rings. The van der Waals surface area contributed by atoms with Crippen LogP contribution in [-0.4, -0.2) is 4.57 Å². The van der Waals surface area contributed by atoms with Crippen LogP contribution < -0.4 is 9.80 Å². The second-order valence-corrected chi connectivity index (χ2v) is 21.6. The predicted octanol–water partition coefficient (Wildman–Crippen LogP) is 22.5. The van der Waals surface area contributed by atoms with Gasteiger partial charge in [-0.3, -0.25) is 0 Å². The number of rotatable bonds is 10. The number of fused-ring (bicyclic) bond motifs is 11. The van der Waals surface area contributed by atoms with Crippen molar-refractivity contribution in [3.8, 4) is 39.1 Å². The van der Waals surface area contributed by atoms with Gasteiger partial charge in [-0.25, -0.2) is 0 Å². The van der Waals surface area contributed by atoms with Gasteiger partial charge in [-0.05, 0) is 174 Å². The summed E-state index contributed by atoms with van der Waals surface area (Å²) in [7, 11) is 0. The van der Waals surface area contributed by atoms with Gasteiger partial charge in [-0.15, -0.1) is 0 Å². The summed E-state index contributed by atoms with van der Waals surface area (Å²) < 4.78 is 2.47. The summed E-state index contributed by atoms with van der Waals surface area (Å²) in [4.78, 5) is 4.77. The van der Waals surface area contributed by atoms with Crippen molar-refractivity contribution in [2.24, 2.45) is 0 Å². The van der Waals surface area contributed by atoms with E-state index in [0.29, 0.717) is 0 Å². The molecule has 3 nitrogen and oxygen atoms in total. The summed E-state index contributed by atoms with van der Waals surface area (Å²) in [6, 6.07) is 118. The number of para-hydroxylation sites is 1. The molecule has 0 saturated carbocycles. The molecule has 16 aromatic rings. The third-order valence-electron chi connectivity index (χ3n) is 16.9. The second-order valence-electron chi connectivity index (χ2n) is 21.6. The molecule has 388 valence electrons. The quantitative estimate of drug-likeness (QED) is 0.126. The van der Waals surface area contributed by atoms with Crippen molar-refractivity contribution in [2.45, 2.75) is 0 Å². The Balaban J connectivity index is 0.834. The third kappa shape index (κ3) is 8.28.